The standard InChI is InChI=1S/C84H70N2/c1-81(2,3)61-27-21-49-37-47(13-15-53(49)41-61)57-25-31-65-69(45-57)73(59-19-17-55-43-63(83(7,8)9)29-23-51(55)39-59)67-33-35-72-77-75(67)79(65)85-71-36-34-68-74(60-20-18-56-44-64(84(10,11)12)30-24-52(56)40-60)70-46-58(26-32-66(70)80(86-72)76(68)78(71)77)48-14-16-54-42-62(82(4,5)6)28-22-50(54)38-48/h13-46H,1-12H3. The SMILES string of the molecule is CC(C)(C)c1ccc2cc(-c3ccc4c(c3)c(-c3ccc5cc(C(C)(C)C)ccc5c3)c3ccc5nc6c7ccc(-c8ccc9cc(C(C)(C)C)ccc9c8)cc7c(-c7ccc8cc(C(C)(C)C)ccc8c7)c7ccc8nc4c3c5c8c76)ccc2c1. The van der Waals surface area contributed by atoms with Gasteiger partial charge in [0.05, 0.1) is 22.1 Å². The molecule has 0 atom stereocenters. The Hall–Kier alpha value is -9.24. The van der Waals surface area contributed by atoms with Crippen LogP contribution in [0, 0.1) is 0 Å². The van der Waals surface area contributed by atoms with Crippen molar-refractivity contribution in [3.8, 4) is 44.5 Å². The predicted molar refractivity (Wildman–Crippen MR) is 374 cm³/mol. The maximum atomic E-state index is 5.87. The number of nitrogens with zero attached hydrogens (tertiary/aromatic N) is 2. The fourth-order valence-electron chi connectivity index (χ4n) is 14.2. The monoisotopic (exact) mass is 1110 g/mol. The Balaban J connectivity index is 0.969. The number of hydrogen-bond acceptors (Lipinski definition) is 2. The molecular formula is C84H70N2. The van der Waals surface area contributed by atoms with Crippen LogP contribution in [0.15, 0.2) is 206 Å². The van der Waals surface area contributed by atoms with Gasteiger partial charge < -0.3 is 0 Å². The van der Waals surface area contributed by atoms with Crippen molar-refractivity contribution in [2.75, 3.05) is 0 Å². The lowest BCUT2D eigenvalue weighted by atomic mass is 9.83. The third kappa shape index (κ3) is 8.20. The molecule has 416 valence electrons. The Bertz CT molecular complexity index is 5210. The van der Waals surface area contributed by atoms with E-state index in [0.717, 1.165) is 32.8 Å². The quantitative estimate of drug-likeness (QED) is 0.130. The van der Waals surface area contributed by atoms with Crippen molar-refractivity contribution in [3.05, 3.63) is 229 Å². The fourth-order valence-corrected chi connectivity index (χ4v) is 14.2. The van der Waals surface area contributed by atoms with E-state index in [9.17, 15) is 0 Å². The van der Waals surface area contributed by atoms with E-state index in [0.29, 0.717) is 0 Å². The zero-order chi connectivity index (χ0) is 59.1. The molecule has 0 N–H and O–H groups in total. The lowest BCUT2D eigenvalue weighted by molar-refractivity contribution is 0.591. The van der Waals surface area contributed by atoms with Crippen LogP contribution in [0.5, 0.6) is 0 Å². The number of pyridine rings is 2. The van der Waals surface area contributed by atoms with Crippen LogP contribution in [0.4, 0.5) is 0 Å². The van der Waals surface area contributed by atoms with Gasteiger partial charge in [-0.3, -0.25) is 0 Å². The van der Waals surface area contributed by atoms with E-state index in [-0.39, 0.29) is 21.7 Å². The molecule has 0 spiro atoms. The Morgan fingerprint density at radius 2 is 0.465 bits per heavy atom. The van der Waals surface area contributed by atoms with Gasteiger partial charge in [0.2, 0.25) is 0 Å². The van der Waals surface area contributed by atoms with Crippen molar-refractivity contribution in [3.63, 3.8) is 0 Å². The van der Waals surface area contributed by atoms with Gasteiger partial charge in [-0.2, -0.15) is 0 Å². The largest absolute Gasteiger partial charge is 0.247 e. The van der Waals surface area contributed by atoms with Crippen LogP contribution >= 0.6 is 0 Å². The second-order valence-electron chi connectivity index (χ2n) is 29.1. The van der Waals surface area contributed by atoms with E-state index < -0.39 is 0 Å². The van der Waals surface area contributed by atoms with Crippen LogP contribution in [-0.2, 0) is 21.7 Å². The van der Waals surface area contributed by atoms with Gasteiger partial charge in [-0.05, 0) is 202 Å². The summed E-state index contributed by atoms with van der Waals surface area (Å²) in [5.41, 5.74) is 19.2. The van der Waals surface area contributed by atoms with Gasteiger partial charge in [0.15, 0.2) is 0 Å². The molecule has 0 bridgehead atoms. The highest BCUT2D eigenvalue weighted by Gasteiger charge is 2.27. The molecule has 0 aliphatic heterocycles. The van der Waals surface area contributed by atoms with E-state index in [1.165, 1.54) is 153 Å². The fraction of sp³-hybridized carbons (Fsp3) is 0.190. The third-order valence-electron chi connectivity index (χ3n) is 19.3. The first-order valence-corrected chi connectivity index (χ1v) is 30.8. The number of fused-ring (bicyclic) bond motifs is 8. The average Bonchev–Trinajstić information content (AvgIpc) is 0.703. The van der Waals surface area contributed by atoms with Crippen LogP contribution in [0.2, 0.25) is 0 Å². The molecule has 0 saturated heterocycles. The lowest BCUT2D eigenvalue weighted by Crippen LogP contribution is -2.10. The van der Waals surface area contributed by atoms with Crippen molar-refractivity contribution in [1.29, 1.82) is 0 Å². The molecule has 0 aliphatic carbocycles. The second-order valence-corrected chi connectivity index (χ2v) is 29.1. The molecule has 2 aromatic heterocycles. The van der Waals surface area contributed by atoms with Gasteiger partial charge in [0, 0.05) is 32.3 Å². The Morgan fingerprint density at radius 1 is 0.209 bits per heavy atom. The molecule has 86 heavy (non-hydrogen) atoms. The Labute approximate surface area is 503 Å². The Morgan fingerprint density at radius 3 is 0.791 bits per heavy atom. The highest BCUT2D eigenvalue weighted by molar-refractivity contribution is 6.41. The number of rotatable bonds is 4. The van der Waals surface area contributed by atoms with Gasteiger partial charge in [-0.1, -0.05) is 241 Å². The molecule has 0 aliphatic rings. The van der Waals surface area contributed by atoms with E-state index in [4.69, 9.17) is 9.97 Å². The minimum Gasteiger partial charge on any atom is -0.247 e. The first-order valence-electron chi connectivity index (χ1n) is 30.8. The van der Waals surface area contributed by atoms with Gasteiger partial charge in [0.25, 0.3) is 0 Å². The molecule has 16 rings (SSSR count). The molecule has 14 aromatic carbocycles. The smallest absolute Gasteiger partial charge is 0.0801 e. The first kappa shape index (κ1) is 52.3. The zero-order valence-electron chi connectivity index (χ0n) is 51.5. The minimum atomic E-state index is 0.0436. The number of aromatic nitrogens is 2. The van der Waals surface area contributed by atoms with Crippen molar-refractivity contribution in [2.45, 2.75) is 105 Å². The normalized spacial score (nSPS) is 13.1. The summed E-state index contributed by atoms with van der Waals surface area (Å²) in [5, 5.41) is 21.7. The number of hydrogen-bond donors (Lipinski definition) is 0. The first-order chi connectivity index (χ1) is 41.1. The summed E-state index contributed by atoms with van der Waals surface area (Å²) in [6, 6.07) is 79.6. The summed E-state index contributed by atoms with van der Waals surface area (Å²) < 4.78 is 0. The molecule has 2 nitrogen and oxygen atoms in total. The summed E-state index contributed by atoms with van der Waals surface area (Å²) in [6.07, 6.45) is 0. The summed E-state index contributed by atoms with van der Waals surface area (Å²) >= 11 is 0. The molecule has 0 fully saturated rings. The van der Waals surface area contributed by atoms with E-state index in [1.54, 1.807) is 0 Å². The van der Waals surface area contributed by atoms with E-state index >= 15 is 0 Å². The minimum absolute atomic E-state index is 0.0436. The van der Waals surface area contributed by atoms with Crippen LogP contribution < -0.4 is 0 Å². The topological polar surface area (TPSA) is 25.8 Å². The van der Waals surface area contributed by atoms with Crippen molar-refractivity contribution >= 4 is 119 Å². The highest BCUT2D eigenvalue weighted by Crippen LogP contribution is 2.52. The van der Waals surface area contributed by atoms with Crippen LogP contribution in [0.3, 0.4) is 0 Å². The molecule has 0 unspecified atom stereocenters. The summed E-state index contributed by atoms with van der Waals surface area (Å²) in [7, 11) is 0. The van der Waals surface area contributed by atoms with Gasteiger partial charge in [-0.15, -0.1) is 0 Å². The van der Waals surface area contributed by atoms with Crippen molar-refractivity contribution in [2.24, 2.45) is 0 Å². The molecular weight excluding hydrogens is 1040 g/mol. The zero-order valence-corrected chi connectivity index (χ0v) is 51.5. The maximum absolute atomic E-state index is 5.87. The summed E-state index contributed by atoms with van der Waals surface area (Å²) in [5.74, 6) is 0. The summed E-state index contributed by atoms with van der Waals surface area (Å²) in [4.78, 5) is 11.7. The Kier molecular flexibility index (Phi) is 11.0. The summed E-state index contributed by atoms with van der Waals surface area (Å²) in [6.45, 7) is 27.5. The van der Waals surface area contributed by atoms with Gasteiger partial charge in [-0.25, -0.2) is 9.97 Å². The maximum Gasteiger partial charge on any atom is 0.0801 e. The lowest BCUT2D eigenvalue weighted by Gasteiger charge is -2.23. The molecule has 2 heteroatoms. The second kappa shape index (κ2) is 18.1. The molecule has 16 aromatic rings. The van der Waals surface area contributed by atoms with Crippen LogP contribution in [-0.4, -0.2) is 9.97 Å². The predicted octanol–water partition coefficient (Wildman–Crippen LogP) is 23.9. The molecule has 0 saturated carbocycles. The third-order valence-corrected chi connectivity index (χ3v) is 19.3. The van der Waals surface area contributed by atoms with Crippen molar-refractivity contribution in [1.82, 2.24) is 9.97 Å². The average molecular weight is 1110 g/mol. The molecule has 2 heterocycles. The van der Waals surface area contributed by atoms with Gasteiger partial charge in [0.1, 0.15) is 0 Å². The van der Waals surface area contributed by atoms with Crippen molar-refractivity contribution < 1.29 is 0 Å². The van der Waals surface area contributed by atoms with E-state index in [2.05, 4.69) is 289 Å². The molecule has 0 radical (unpaired) electrons. The number of benzene rings is 14. The van der Waals surface area contributed by atoms with E-state index in [1.807, 2.05) is 0 Å². The highest BCUT2D eigenvalue weighted by atomic mass is 14.7. The van der Waals surface area contributed by atoms with Crippen LogP contribution in [0.1, 0.15) is 105 Å². The van der Waals surface area contributed by atoms with Gasteiger partial charge >= 0.3 is 0 Å². The molecule has 0 amide bonds. The van der Waals surface area contributed by atoms with Crippen LogP contribution in [0.25, 0.3) is 164 Å².